The molecule has 0 aromatic rings. The van der Waals surface area contributed by atoms with Crippen molar-refractivity contribution in [3.63, 3.8) is 0 Å². The van der Waals surface area contributed by atoms with Gasteiger partial charge in [-0.3, -0.25) is 0 Å². The van der Waals surface area contributed by atoms with Crippen LogP contribution in [-0.4, -0.2) is 0 Å². The van der Waals surface area contributed by atoms with E-state index in [1.807, 2.05) is 0 Å². The molecule has 0 aromatic heterocycles. The third-order valence-corrected chi connectivity index (χ3v) is 2.44. The topological polar surface area (TPSA) is 0 Å². The van der Waals surface area contributed by atoms with Crippen LogP contribution in [0.2, 0.25) is 0 Å². The quantitative estimate of drug-likeness (QED) is 0.538. The first-order valence-electron chi connectivity index (χ1n) is 4.71. The predicted octanol–water partition coefficient (Wildman–Crippen LogP) is 4.01. The lowest BCUT2D eigenvalue weighted by molar-refractivity contribution is 0.860. The summed E-state index contributed by atoms with van der Waals surface area (Å²) < 4.78 is 0. The smallest absolute Gasteiger partial charge is 0.0133 e. The lowest BCUT2D eigenvalue weighted by Gasteiger charge is -2.14. The van der Waals surface area contributed by atoms with Crippen LogP contribution in [-0.2, 0) is 0 Å². The molecule has 0 nitrogen and oxygen atoms in total. The SMILES string of the molecule is CC=CCC1=C(C)C=C(C)CC1. The van der Waals surface area contributed by atoms with Gasteiger partial charge in [0.25, 0.3) is 0 Å². The predicted molar refractivity (Wildman–Crippen MR) is 55.1 cm³/mol. The Bertz CT molecular complexity index is 239. The Hall–Kier alpha value is -0.780. The summed E-state index contributed by atoms with van der Waals surface area (Å²) in [6, 6.07) is 0. The zero-order valence-electron chi connectivity index (χ0n) is 8.35. The number of allylic oxidation sites excluding steroid dienone is 6. The van der Waals surface area contributed by atoms with Gasteiger partial charge in [0.05, 0.1) is 0 Å². The van der Waals surface area contributed by atoms with Crippen molar-refractivity contribution >= 4 is 0 Å². The van der Waals surface area contributed by atoms with Gasteiger partial charge in [-0.2, -0.15) is 0 Å². The molecule has 0 aromatic carbocycles. The van der Waals surface area contributed by atoms with Gasteiger partial charge < -0.3 is 0 Å². The van der Waals surface area contributed by atoms with E-state index in [1.165, 1.54) is 24.0 Å². The standard InChI is InChI=1S/C12H18/c1-4-5-6-12-8-7-10(2)9-11(12)3/h4-5,9H,6-8H2,1-3H3. The number of rotatable bonds is 2. The molecule has 0 heteroatoms. The molecule has 0 bridgehead atoms. The van der Waals surface area contributed by atoms with E-state index in [2.05, 4.69) is 39.0 Å². The van der Waals surface area contributed by atoms with Gasteiger partial charge in [-0.15, -0.1) is 0 Å². The van der Waals surface area contributed by atoms with Crippen molar-refractivity contribution in [3.8, 4) is 0 Å². The molecule has 0 radical (unpaired) electrons. The molecule has 0 aliphatic heterocycles. The van der Waals surface area contributed by atoms with E-state index >= 15 is 0 Å². The average molecular weight is 162 g/mol. The van der Waals surface area contributed by atoms with Crippen molar-refractivity contribution in [2.45, 2.75) is 40.0 Å². The molecular weight excluding hydrogens is 144 g/mol. The van der Waals surface area contributed by atoms with Crippen LogP contribution < -0.4 is 0 Å². The first-order chi connectivity index (χ1) is 5.74. The molecule has 1 aliphatic carbocycles. The zero-order chi connectivity index (χ0) is 8.97. The van der Waals surface area contributed by atoms with Gasteiger partial charge in [0.15, 0.2) is 0 Å². The number of hydrogen-bond acceptors (Lipinski definition) is 0. The maximum absolute atomic E-state index is 2.32. The fraction of sp³-hybridized carbons (Fsp3) is 0.500. The monoisotopic (exact) mass is 162 g/mol. The molecule has 66 valence electrons. The normalized spacial score (nSPS) is 18.8. The van der Waals surface area contributed by atoms with Crippen LogP contribution in [0.3, 0.4) is 0 Å². The third-order valence-electron chi connectivity index (χ3n) is 2.44. The third kappa shape index (κ3) is 2.37. The summed E-state index contributed by atoms with van der Waals surface area (Å²) in [5.41, 5.74) is 4.62. The van der Waals surface area contributed by atoms with Crippen molar-refractivity contribution in [3.05, 3.63) is 34.9 Å². The summed E-state index contributed by atoms with van der Waals surface area (Å²) in [4.78, 5) is 0. The Morgan fingerprint density at radius 2 is 2.08 bits per heavy atom. The summed E-state index contributed by atoms with van der Waals surface area (Å²) >= 11 is 0. The van der Waals surface area contributed by atoms with Crippen LogP contribution in [0.1, 0.15) is 40.0 Å². The van der Waals surface area contributed by atoms with Crippen molar-refractivity contribution in [1.82, 2.24) is 0 Å². The molecule has 0 saturated heterocycles. The van der Waals surface area contributed by atoms with Gasteiger partial charge in [0.2, 0.25) is 0 Å². The van der Waals surface area contributed by atoms with E-state index < -0.39 is 0 Å². The highest BCUT2D eigenvalue weighted by Gasteiger charge is 2.05. The zero-order valence-corrected chi connectivity index (χ0v) is 8.35. The van der Waals surface area contributed by atoms with E-state index in [-0.39, 0.29) is 0 Å². The Labute approximate surface area is 75.7 Å². The lowest BCUT2D eigenvalue weighted by atomic mass is 9.92. The van der Waals surface area contributed by atoms with Crippen molar-refractivity contribution < 1.29 is 0 Å². The van der Waals surface area contributed by atoms with Gasteiger partial charge in [0.1, 0.15) is 0 Å². The average Bonchev–Trinajstić information content (AvgIpc) is 2.03. The summed E-state index contributed by atoms with van der Waals surface area (Å²) in [6.45, 7) is 6.53. The first kappa shape index (κ1) is 9.31. The molecule has 0 saturated carbocycles. The summed E-state index contributed by atoms with van der Waals surface area (Å²) in [6.07, 6.45) is 10.4. The summed E-state index contributed by atoms with van der Waals surface area (Å²) in [5.74, 6) is 0. The molecule has 0 N–H and O–H groups in total. The van der Waals surface area contributed by atoms with E-state index in [1.54, 1.807) is 5.57 Å². The highest BCUT2D eigenvalue weighted by atomic mass is 14.1. The highest BCUT2D eigenvalue weighted by molar-refractivity contribution is 5.32. The molecule has 0 spiro atoms. The van der Waals surface area contributed by atoms with Gasteiger partial charge in [-0.05, 0) is 40.0 Å². The van der Waals surface area contributed by atoms with Gasteiger partial charge >= 0.3 is 0 Å². The Morgan fingerprint density at radius 3 is 2.67 bits per heavy atom. The second-order valence-electron chi connectivity index (χ2n) is 3.55. The second-order valence-corrected chi connectivity index (χ2v) is 3.55. The number of hydrogen-bond donors (Lipinski definition) is 0. The van der Waals surface area contributed by atoms with E-state index in [0.717, 1.165) is 6.42 Å². The van der Waals surface area contributed by atoms with E-state index in [9.17, 15) is 0 Å². The van der Waals surface area contributed by atoms with Crippen LogP contribution in [0.25, 0.3) is 0 Å². The maximum Gasteiger partial charge on any atom is -0.0133 e. The molecule has 1 rings (SSSR count). The van der Waals surface area contributed by atoms with Crippen LogP contribution in [0, 0.1) is 0 Å². The lowest BCUT2D eigenvalue weighted by Crippen LogP contribution is -1.94. The first-order valence-corrected chi connectivity index (χ1v) is 4.71. The van der Waals surface area contributed by atoms with Gasteiger partial charge in [-0.25, -0.2) is 0 Å². The molecule has 0 heterocycles. The maximum atomic E-state index is 2.32. The second kappa shape index (κ2) is 4.30. The molecule has 0 amide bonds. The van der Waals surface area contributed by atoms with E-state index in [0.29, 0.717) is 0 Å². The molecule has 1 aliphatic rings. The Morgan fingerprint density at radius 1 is 1.33 bits per heavy atom. The van der Waals surface area contributed by atoms with Crippen molar-refractivity contribution in [2.24, 2.45) is 0 Å². The van der Waals surface area contributed by atoms with Crippen LogP contribution >= 0.6 is 0 Å². The molecule has 0 fully saturated rings. The minimum absolute atomic E-state index is 1.14. The molecule has 12 heavy (non-hydrogen) atoms. The largest absolute Gasteiger partial charge is 0.0913 e. The Kier molecular flexibility index (Phi) is 3.33. The minimum Gasteiger partial charge on any atom is -0.0913 e. The van der Waals surface area contributed by atoms with Crippen molar-refractivity contribution in [2.75, 3.05) is 0 Å². The van der Waals surface area contributed by atoms with Gasteiger partial charge in [-0.1, -0.05) is 34.9 Å². The fourth-order valence-electron chi connectivity index (χ4n) is 1.61. The Balaban J connectivity index is 2.69. The highest BCUT2D eigenvalue weighted by Crippen LogP contribution is 2.25. The minimum atomic E-state index is 1.14. The van der Waals surface area contributed by atoms with Crippen molar-refractivity contribution in [1.29, 1.82) is 0 Å². The van der Waals surface area contributed by atoms with Crippen LogP contribution in [0.4, 0.5) is 0 Å². The summed E-state index contributed by atoms with van der Waals surface area (Å²) in [7, 11) is 0. The molecular formula is C12H18. The fourth-order valence-corrected chi connectivity index (χ4v) is 1.61. The van der Waals surface area contributed by atoms with Crippen LogP contribution in [0.5, 0.6) is 0 Å². The van der Waals surface area contributed by atoms with E-state index in [4.69, 9.17) is 0 Å². The molecule has 0 atom stereocenters. The van der Waals surface area contributed by atoms with Crippen LogP contribution in [0.15, 0.2) is 34.9 Å². The molecule has 0 unspecified atom stereocenters. The summed E-state index contributed by atoms with van der Waals surface area (Å²) in [5, 5.41) is 0. The van der Waals surface area contributed by atoms with Gasteiger partial charge in [0, 0.05) is 0 Å².